The van der Waals surface area contributed by atoms with Crippen molar-refractivity contribution in [2.45, 2.75) is 44.9 Å². The number of carbonyl (C=O) groups is 2. The topological polar surface area (TPSA) is 92.4 Å². The number of carbonyl (C=O) groups excluding carboxylic acids is 1. The first-order valence-electron chi connectivity index (χ1n) is 7.05. The summed E-state index contributed by atoms with van der Waals surface area (Å²) in [6.07, 6.45) is -2.16. The maximum absolute atomic E-state index is 11.2. The van der Waals surface area contributed by atoms with Crippen LogP contribution in [0.15, 0.2) is 30.3 Å². The summed E-state index contributed by atoms with van der Waals surface area (Å²) in [4.78, 5) is 20.1. The Bertz CT molecular complexity index is 479. The quantitative estimate of drug-likeness (QED) is 0.714. The summed E-state index contributed by atoms with van der Waals surface area (Å²) in [6.45, 7) is 2.80. The smallest absolute Gasteiger partial charge is 0.475 e. The van der Waals surface area contributed by atoms with Gasteiger partial charge in [0.2, 0.25) is 5.91 Å². The predicted molar refractivity (Wildman–Crippen MR) is 79.5 cm³/mol. The second-order valence-corrected chi connectivity index (χ2v) is 4.77. The van der Waals surface area contributed by atoms with E-state index in [2.05, 4.69) is 12.2 Å². The van der Waals surface area contributed by atoms with Crippen LogP contribution in [0.1, 0.15) is 31.7 Å². The third kappa shape index (κ3) is 10.3. The highest BCUT2D eigenvalue weighted by molar-refractivity contribution is 5.79. The number of aliphatic carboxylic acids is 1. The summed E-state index contributed by atoms with van der Waals surface area (Å²) in [5.41, 5.74) is 6.51. The molecule has 1 atom stereocenters. The molecule has 130 valence electrons. The molecule has 1 aromatic carbocycles. The van der Waals surface area contributed by atoms with E-state index in [1.165, 1.54) is 5.56 Å². The number of rotatable bonds is 7. The summed E-state index contributed by atoms with van der Waals surface area (Å²) in [7, 11) is 0. The van der Waals surface area contributed by atoms with E-state index in [1.807, 2.05) is 30.3 Å². The lowest BCUT2D eigenvalue weighted by molar-refractivity contribution is -0.192. The highest BCUT2D eigenvalue weighted by Crippen LogP contribution is 2.13. The van der Waals surface area contributed by atoms with E-state index in [0.717, 1.165) is 19.3 Å². The molecule has 0 unspecified atom stereocenters. The van der Waals surface area contributed by atoms with Crippen molar-refractivity contribution in [2.75, 3.05) is 0 Å². The molecular weight excluding hydrogens is 313 g/mol. The Morgan fingerprint density at radius 3 is 2.17 bits per heavy atom. The first-order chi connectivity index (χ1) is 10.7. The zero-order valence-corrected chi connectivity index (χ0v) is 12.8. The Morgan fingerprint density at radius 1 is 1.26 bits per heavy atom. The second-order valence-electron chi connectivity index (χ2n) is 4.77. The monoisotopic (exact) mass is 334 g/mol. The lowest BCUT2D eigenvalue weighted by Crippen LogP contribution is -2.40. The zero-order valence-electron chi connectivity index (χ0n) is 12.8. The van der Waals surface area contributed by atoms with Crippen molar-refractivity contribution in [1.82, 2.24) is 5.32 Å². The van der Waals surface area contributed by atoms with Gasteiger partial charge in [-0.2, -0.15) is 13.2 Å². The number of halogens is 3. The van der Waals surface area contributed by atoms with E-state index >= 15 is 0 Å². The molecule has 0 saturated heterocycles. The molecule has 8 heteroatoms. The number of nitrogens with one attached hydrogen (secondary N) is 1. The molecule has 0 aliphatic heterocycles. The van der Waals surface area contributed by atoms with Crippen LogP contribution in [0.5, 0.6) is 0 Å². The highest BCUT2D eigenvalue weighted by Gasteiger charge is 2.38. The average Bonchev–Trinajstić information content (AvgIpc) is 2.47. The molecule has 4 N–H and O–H groups in total. The molecule has 0 aliphatic rings. The lowest BCUT2D eigenvalue weighted by Gasteiger charge is -2.14. The van der Waals surface area contributed by atoms with Crippen LogP contribution in [-0.2, 0) is 16.1 Å². The van der Waals surface area contributed by atoms with E-state index in [4.69, 9.17) is 15.6 Å². The molecule has 1 amide bonds. The highest BCUT2D eigenvalue weighted by atomic mass is 19.4. The van der Waals surface area contributed by atoms with Crippen molar-refractivity contribution in [1.29, 1.82) is 0 Å². The van der Waals surface area contributed by atoms with Gasteiger partial charge in [0.1, 0.15) is 0 Å². The number of amides is 1. The average molecular weight is 334 g/mol. The first-order valence-corrected chi connectivity index (χ1v) is 7.05. The Kier molecular flexibility index (Phi) is 9.64. The number of hydrogen-bond acceptors (Lipinski definition) is 3. The molecule has 0 spiro atoms. The van der Waals surface area contributed by atoms with Crippen molar-refractivity contribution < 1.29 is 27.9 Å². The third-order valence-corrected chi connectivity index (χ3v) is 2.83. The van der Waals surface area contributed by atoms with Gasteiger partial charge in [0.15, 0.2) is 0 Å². The maximum atomic E-state index is 11.2. The van der Waals surface area contributed by atoms with Gasteiger partial charge in [0, 0.05) is 6.54 Å². The molecule has 0 heterocycles. The van der Waals surface area contributed by atoms with E-state index in [1.54, 1.807) is 0 Å². The molecule has 1 rings (SSSR count). The van der Waals surface area contributed by atoms with Crippen molar-refractivity contribution >= 4 is 11.9 Å². The van der Waals surface area contributed by atoms with E-state index in [-0.39, 0.29) is 11.9 Å². The standard InChI is InChI=1S/C13H20N2O.C2HF3O2/c1-2-3-9-12(13(14)16)15-10-11-7-5-4-6-8-11;3-2(4,5)1(6)7/h4-8,12,15H,2-3,9-10H2,1H3,(H2,14,16);(H,6,7)/t12-;/m0./s1. The Morgan fingerprint density at radius 2 is 1.78 bits per heavy atom. The van der Waals surface area contributed by atoms with Crippen molar-refractivity contribution in [2.24, 2.45) is 5.73 Å². The van der Waals surface area contributed by atoms with Gasteiger partial charge in [-0.3, -0.25) is 4.79 Å². The van der Waals surface area contributed by atoms with Gasteiger partial charge < -0.3 is 16.2 Å². The number of nitrogens with two attached hydrogens (primary N) is 1. The van der Waals surface area contributed by atoms with E-state index in [9.17, 15) is 18.0 Å². The Labute approximate surface area is 132 Å². The fraction of sp³-hybridized carbons (Fsp3) is 0.467. The van der Waals surface area contributed by atoms with E-state index in [0.29, 0.717) is 6.54 Å². The second kappa shape index (κ2) is 10.6. The molecule has 0 bridgehead atoms. The number of carboxylic acid groups (broad SMARTS) is 1. The fourth-order valence-corrected chi connectivity index (χ4v) is 1.59. The molecular formula is C15H21F3N2O3. The number of unbranched alkanes of at least 4 members (excludes halogenated alkanes) is 1. The number of carboxylic acids is 1. The van der Waals surface area contributed by atoms with Crippen LogP contribution in [0.3, 0.4) is 0 Å². The van der Waals surface area contributed by atoms with Crippen molar-refractivity contribution in [3.05, 3.63) is 35.9 Å². The summed E-state index contributed by atoms with van der Waals surface area (Å²) < 4.78 is 31.7. The SMILES string of the molecule is CCCC[C@H](NCc1ccccc1)C(N)=O.O=C(O)C(F)(F)F. The van der Waals surface area contributed by atoms with Crippen LogP contribution in [0.4, 0.5) is 13.2 Å². The summed E-state index contributed by atoms with van der Waals surface area (Å²) >= 11 is 0. The maximum Gasteiger partial charge on any atom is 0.490 e. The molecule has 0 aliphatic carbocycles. The number of alkyl halides is 3. The van der Waals surface area contributed by atoms with Gasteiger partial charge in [0.05, 0.1) is 6.04 Å². The molecule has 0 radical (unpaired) electrons. The summed E-state index contributed by atoms with van der Waals surface area (Å²) in [5, 5.41) is 10.3. The summed E-state index contributed by atoms with van der Waals surface area (Å²) in [5.74, 6) is -3.02. The van der Waals surface area contributed by atoms with Crippen LogP contribution < -0.4 is 11.1 Å². The first kappa shape index (κ1) is 20.9. The molecule has 5 nitrogen and oxygen atoms in total. The predicted octanol–water partition coefficient (Wildman–Crippen LogP) is 2.45. The van der Waals surface area contributed by atoms with Crippen LogP contribution in [-0.4, -0.2) is 29.2 Å². The normalized spacial score (nSPS) is 12.0. The van der Waals surface area contributed by atoms with E-state index < -0.39 is 12.1 Å². The number of primary amides is 1. The van der Waals surface area contributed by atoms with Gasteiger partial charge in [-0.25, -0.2) is 4.79 Å². The minimum Gasteiger partial charge on any atom is -0.475 e. The van der Waals surface area contributed by atoms with Crippen LogP contribution in [0.2, 0.25) is 0 Å². The van der Waals surface area contributed by atoms with Gasteiger partial charge in [-0.1, -0.05) is 50.1 Å². The Hall–Kier alpha value is -2.09. The van der Waals surface area contributed by atoms with Gasteiger partial charge >= 0.3 is 12.1 Å². The minimum atomic E-state index is -5.08. The van der Waals surface area contributed by atoms with Crippen molar-refractivity contribution in [3.8, 4) is 0 Å². The van der Waals surface area contributed by atoms with Gasteiger partial charge in [-0.15, -0.1) is 0 Å². The van der Waals surface area contributed by atoms with Crippen molar-refractivity contribution in [3.63, 3.8) is 0 Å². The largest absolute Gasteiger partial charge is 0.490 e. The molecule has 0 aromatic heterocycles. The molecule has 0 fully saturated rings. The number of benzene rings is 1. The van der Waals surface area contributed by atoms with Gasteiger partial charge in [0.25, 0.3) is 0 Å². The fourth-order valence-electron chi connectivity index (χ4n) is 1.59. The van der Waals surface area contributed by atoms with Gasteiger partial charge in [-0.05, 0) is 12.0 Å². The van der Waals surface area contributed by atoms with Crippen LogP contribution in [0, 0.1) is 0 Å². The molecule has 0 saturated carbocycles. The lowest BCUT2D eigenvalue weighted by atomic mass is 10.1. The van der Waals surface area contributed by atoms with Crippen LogP contribution in [0.25, 0.3) is 0 Å². The Balaban J connectivity index is 0.000000585. The molecule has 1 aromatic rings. The number of hydrogen-bond donors (Lipinski definition) is 3. The third-order valence-electron chi connectivity index (χ3n) is 2.83. The minimum absolute atomic E-state index is 0.208. The molecule has 23 heavy (non-hydrogen) atoms. The summed E-state index contributed by atoms with van der Waals surface area (Å²) in [6, 6.07) is 9.81. The zero-order chi connectivity index (χ0) is 17.9. The van der Waals surface area contributed by atoms with Crippen LogP contribution >= 0.6 is 0 Å².